The van der Waals surface area contributed by atoms with Gasteiger partial charge in [0.2, 0.25) is 5.91 Å². The van der Waals surface area contributed by atoms with Gasteiger partial charge in [0.05, 0.1) is 12.0 Å². The standard InChI is InChI=1S/C18H23N3O2/c19-16(22)10-15-17(18(20)23)13-8-7-12(9-14(13)21-15)6-5-11-3-1-2-4-11/h7-9,11,21H,1-6,10H2,(H2,19,22)(H2,20,23). The fourth-order valence-corrected chi connectivity index (χ4v) is 3.71. The van der Waals surface area contributed by atoms with Crippen molar-refractivity contribution >= 4 is 22.7 Å². The van der Waals surface area contributed by atoms with Crippen LogP contribution in [-0.2, 0) is 17.6 Å². The third-order valence-corrected chi connectivity index (χ3v) is 4.85. The molecule has 1 heterocycles. The van der Waals surface area contributed by atoms with E-state index in [0.29, 0.717) is 11.3 Å². The summed E-state index contributed by atoms with van der Waals surface area (Å²) in [6.07, 6.45) is 7.65. The zero-order valence-electron chi connectivity index (χ0n) is 13.2. The Bertz CT molecular complexity index is 742. The van der Waals surface area contributed by atoms with Crippen LogP contribution in [0.3, 0.4) is 0 Å². The molecule has 1 fully saturated rings. The highest BCUT2D eigenvalue weighted by atomic mass is 16.1. The molecule has 0 saturated heterocycles. The molecule has 0 aliphatic heterocycles. The van der Waals surface area contributed by atoms with Crippen molar-refractivity contribution in [3.8, 4) is 0 Å². The fourth-order valence-electron chi connectivity index (χ4n) is 3.71. The summed E-state index contributed by atoms with van der Waals surface area (Å²) >= 11 is 0. The van der Waals surface area contributed by atoms with Gasteiger partial charge in [-0.2, -0.15) is 0 Å². The number of aromatic amines is 1. The number of amides is 2. The molecule has 2 aromatic rings. The van der Waals surface area contributed by atoms with Gasteiger partial charge in [-0.1, -0.05) is 37.8 Å². The van der Waals surface area contributed by atoms with Crippen LogP contribution in [0.25, 0.3) is 10.9 Å². The smallest absolute Gasteiger partial charge is 0.251 e. The van der Waals surface area contributed by atoms with Gasteiger partial charge < -0.3 is 16.5 Å². The number of carbonyl (C=O) groups is 2. The van der Waals surface area contributed by atoms with E-state index < -0.39 is 11.8 Å². The first-order valence-electron chi connectivity index (χ1n) is 8.26. The maximum Gasteiger partial charge on any atom is 0.251 e. The molecule has 3 rings (SSSR count). The third kappa shape index (κ3) is 3.38. The van der Waals surface area contributed by atoms with Crippen molar-refractivity contribution in [1.29, 1.82) is 0 Å². The van der Waals surface area contributed by atoms with Crippen LogP contribution >= 0.6 is 0 Å². The molecule has 5 N–H and O–H groups in total. The summed E-state index contributed by atoms with van der Waals surface area (Å²) in [7, 11) is 0. The number of carbonyl (C=O) groups excluding carboxylic acids is 2. The quantitative estimate of drug-likeness (QED) is 0.762. The molecule has 2 amide bonds. The number of fused-ring (bicyclic) bond motifs is 1. The molecule has 1 aliphatic carbocycles. The van der Waals surface area contributed by atoms with E-state index in [1.165, 1.54) is 37.7 Å². The van der Waals surface area contributed by atoms with Crippen LogP contribution in [0.1, 0.15) is 53.7 Å². The summed E-state index contributed by atoms with van der Waals surface area (Å²) < 4.78 is 0. The number of aryl methyl sites for hydroxylation is 1. The van der Waals surface area contributed by atoms with Crippen LogP contribution in [0.4, 0.5) is 0 Å². The largest absolute Gasteiger partial charge is 0.369 e. The Kier molecular flexibility index (Phi) is 4.37. The lowest BCUT2D eigenvalue weighted by Crippen LogP contribution is -2.18. The van der Waals surface area contributed by atoms with Gasteiger partial charge in [-0.25, -0.2) is 0 Å². The first-order valence-corrected chi connectivity index (χ1v) is 8.26. The van der Waals surface area contributed by atoms with Crippen molar-refractivity contribution in [1.82, 2.24) is 4.98 Å². The Morgan fingerprint density at radius 3 is 2.57 bits per heavy atom. The number of rotatable bonds is 6. The molecule has 1 saturated carbocycles. The SMILES string of the molecule is NC(=O)Cc1[nH]c2cc(CCC3CCCC3)ccc2c1C(N)=O. The lowest BCUT2D eigenvalue weighted by Gasteiger charge is -2.08. The molecule has 23 heavy (non-hydrogen) atoms. The van der Waals surface area contributed by atoms with E-state index in [1.54, 1.807) is 0 Å². The van der Waals surface area contributed by atoms with E-state index in [2.05, 4.69) is 11.1 Å². The third-order valence-electron chi connectivity index (χ3n) is 4.85. The lowest BCUT2D eigenvalue weighted by molar-refractivity contribution is -0.117. The molecule has 0 bridgehead atoms. The fraction of sp³-hybridized carbons (Fsp3) is 0.444. The van der Waals surface area contributed by atoms with Crippen molar-refractivity contribution in [3.63, 3.8) is 0 Å². The van der Waals surface area contributed by atoms with Crippen molar-refractivity contribution < 1.29 is 9.59 Å². The maximum absolute atomic E-state index is 11.7. The summed E-state index contributed by atoms with van der Waals surface area (Å²) in [4.78, 5) is 26.0. The molecule has 1 aromatic heterocycles. The van der Waals surface area contributed by atoms with Gasteiger partial charge in [-0.15, -0.1) is 0 Å². The highest BCUT2D eigenvalue weighted by molar-refractivity contribution is 6.08. The Balaban J connectivity index is 1.86. The first-order chi connectivity index (χ1) is 11.0. The van der Waals surface area contributed by atoms with E-state index in [0.717, 1.165) is 23.2 Å². The lowest BCUT2D eigenvalue weighted by atomic mass is 9.97. The topological polar surface area (TPSA) is 102 Å². The monoisotopic (exact) mass is 313 g/mol. The van der Waals surface area contributed by atoms with Crippen LogP contribution in [0.2, 0.25) is 0 Å². The second-order valence-electron chi connectivity index (χ2n) is 6.55. The number of nitrogens with two attached hydrogens (primary N) is 2. The molecule has 0 unspecified atom stereocenters. The highest BCUT2D eigenvalue weighted by Gasteiger charge is 2.18. The molecule has 1 aliphatic rings. The summed E-state index contributed by atoms with van der Waals surface area (Å²) in [6, 6.07) is 6.02. The Hall–Kier alpha value is -2.30. The van der Waals surface area contributed by atoms with Gasteiger partial charge in [0.25, 0.3) is 5.91 Å². The normalized spacial score (nSPS) is 15.3. The predicted molar refractivity (Wildman–Crippen MR) is 90.0 cm³/mol. The van der Waals surface area contributed by atoms with Crippen molar-refractivity contribution in [2.24, 2.45) is 17.4 Å². The van der Waals surface area contributed by atoms with Gasteiger partial charge in [0.1, 0.15) is 0 Å². The number of H-pyrrole nitrogens is 1. The number of aromatic nitrogens is 1. The van der Waals surface area contributed by atoms with Crippen LogP contribution < -0.4 is 11.5 Å². The van der Waals surface area contributed by atoms with E-state index in [4.69, 9.17) is 11.5 Å². The predicted octanol–water partition coefficient (Wildman–Crippen LogP) is 2.42. The van der Waals surface area contributed by atoms with E-state index >= 15 is 0 Å². The Labute approximate surface area is 135 Å². The van der Waals surface area contributed by atoms with Crippen LogP contribution in [0, 0.1) is 5.92 Å². The molecule has 5 nitrogen and oxygen atoms in total. The molecular weight excluding hydrogens is 290 g/mol. The summed E-state index contributed by atoms with van der Waals surface area (Å²) in [5.74, 6) is -0.173. The molecule has 122 valence electrons. The van der Waals surface area contributed by atoms with Gasteiger partial charge in [0.15, 0.2) is 0 Å². The summed E-state index contributed by atoms with van der Waals surface area (Å²) in [5, 5.41) is 0.762. The summed E-state index contributed by atoms with van der Waals surface area (Å²) in [6.45, 7) is 0. The minimum Gasteiger partial charge on any atom is -0.369 e. The second kappa shape index (κ2) is 6.44. The minimum absolute atomic E-state index is 0.00956. The van der Waals surface area contributed by atoms with Crippen LogP contribution in [0.15, 0.2) is 18.2 Å². The number of benzene rings is 1. The Morgan fingerprint density at radius 1 is 1.17 bits per heavy atom. The average Bonchev–Trinajstić information content (AvgIpc) is 3.10. The zero-order chi connectivity index (χ0) is 16.4. The number of hydrogen-bond acceptors (Lipinski definition) is 2. The minimum atomic E-state index is -0.536. The van der Waals surface area contributed by atoms with Gasteiger partial charge in [-0.3, -0.25) is 9.59 Å². The molecule has 1 aromatic carbocycles. The van der Waals surface area contributed by atoms with E-state index in [1.807, 2.05) is 12.1 Å². The van der Waals surface area contributed by atoms with Gasteiger partial charge >= 0.3 is 0 Å². The molecule has 0 atom stereocenters. The Morgan fingerprint density at radius 2 is 1.91 bits per heavy atom. The first kappa shape index (κ1) is 15.6. The molecular formula is C18H23N3O2. The second-order valence-corrected chi connectivity index (χ2v) is 6.55. The number of nitrogens with one attached hydrogen (secondary N) is 1. The highest BCUT2D eigenvalue weighted by Crippen LogP contribution is 2.30. The van der Waals surface area contributed by atoms with E-state index in [-0.39, 0.29) is 6.42 Å². The number of hydrogen-bond donors (Lipinski definition) is 3. The summed E-state index contributed by atoms with van der Waals surface area (Å²) in [5.41, 5.74) is 13.7. The van der Waals surface area contributed by atoms with Crippen LogP contribution in [-0.4, -0.2) is 16.8 Å². The van der Waals surface area contributed by atoms with Crippen molar-refractivity contribution in [2.45, 2.75) is 44.9 Å². The molecule has 0 radical (unpaired) electrons. The van der Waals surface area contributed by atoms with E-state index in [9.17, 15) is 9.59 Å². The van der Waals surface area contributed by atoms with Crippen molar-refractivity contribution in [2.75, 3.05) is 0 Å². The zero-order valence-corrected chi connectivity index (χ0v) is 13.2. The maximum atomic E-state index is 11.7. The van der Waals surface area contributed by atoms with Crippen molar-refractivity contribution in [3.05, 3.63) is 35.0 Å². The van der Waals surface area contributed by atoms with Gasteiger partial charge in [-0.05, 0) is 30.4 Å². The molecule has 5 heteroatoms. The average molecular weight is 313 g/mol. The van der Waals surface area contributed by atoms with Gasteiger partial charge in [0, 0.05) is 16.6 Å². The number of primary amides is 2. The van der Waals surface area contributed by atoms with Crippen LogP contribution in [0.5, 0.6) is 0 Å². The molecule has 0 spiro atoms.